The first-order valence-electron chi connectivity index (χ1n) is 6.31. The topological polar surface area (TPSA) is 71.0 Å². The SMILES string of the molecule is CN1[C@@H](C[C@H](CCO)C(=O)NOPP)COC1(C)C. The molecule has 1 saturated heterocycles. The van der Waals surface area contributed by atoms with Crippen molar-refractivity contribution < 1.29 is 19.3 Å². The Morgan fingerprint density at radius 1 is 1.74 bits per heavy atom. The van der Waals surface area contributed by atoms with Crippen molar-refractivity contribution in [3.05, 3.63) is 0 Å². The van der Waals surface area contributed by atoms with Crippen molar-refractivity contribution in [3.63, 3.8) is 0 Å². The van der Waals surface area contributed by atoms with E-state index >= 15 is 0 Å². The van der Waals surface area contributed by atoms with Gasteiger partial charge in [0.05, 0.1) is 15.1 Å². The molecule has 1 fully saturated rings. The van der Waals surface area contributed by atoms with Crippen LogP contribution < -0.4 is 5.48 Å². The molecule has 8 heteroatoms. The van der Waals surface area contributed by atoms with E-state index in [0.717, 1.165) is 0 Å². The lowest BCUT2D eigenvalue weighted by atomic mass is 9.95. The fourth-order valence-corrected chi connectivity index (χ4v) is 2.52. The molecule has 0 spiro atoms. The van der Waals surface area contributed by atoms with Gasteiger partial charge in [-0.1, -0.05) is 8.93 Å². The zero-order valence-electron chi connectivity index (χ0n) is 11.7. The van der Waals surface area contributed by atoms with Crippen LogP contribution in [-0.4, -0.2) is 47.9 Å². The number of aliphatic hydroxyl groups excluding tert-OH is 1. The summed E-state index contributed by atoms with van der Waals surface area (Å²) >= 11 is 0. The van der Waals surface area contributed by atoms with Gasteiger partial charge >= 0.3 is 0 Å². The van der Waals surface area contributed by atoms with Crippen molar-refractivity contribution in [2.75, 3.05) is 20.3 Å². The van der Waals surface area contributed by atoms with Crippen LogP contribution in [0.4, 0.5) is 0 Å². The number of likely N-dealkylation sites (N-methyl/N-ethyl adjacent to an activating group) is 1. The molecule has 1 aliphatic heterocycles. The quantitative estimate of drug-likeness (QED) is 0.539. The second kappa shape index (κ2) is 7.82. The largest absolute Gasteiger partial charge is 0.396 e. The number of carbonyl (C=O) groups excluding carboxylic acids is 1. The van der Waals surface area contributed by atoms with Gasteiger partial charge in [0.15, 0.2) is 0 Å². The molecular weight excluding hydrogens is 286 g/mol. The monoisotopic (exact) mass is 310 g/mol. The average Bonchev–Trinajstić information content (AvgIpc) is 2.62. The number of hydrogen-bond acceptors (Lipinski definition) is 5. The number of ether oxygens (including phenoxy) is 1. The Hall–Kier alpha value is 0.170. The predicted molar refractivity (Wildman–Crippen MR) is 78.6 cm³/mol. The number of nitrogens with zero attached hydrogens (tertiary/aromatic N) is 1. The number of aliphatic hydroxyl groups is 1. The third-order valence-corrected chi connectivity index (χ3v) is 4.22. The zero-order valence-corrected chi connectivity index (χ0v) is 13.8. The third kappa shape index (κ3) is 4.89. The van der Waals surface area contributed by atoms with Gasteiger partial charge in [0.25, 0.3) is 0 Å². The van der Waals surface area contributed by atoms with Gasteiger partial charge in [-0.05, 0) is 33.7 Å². The molecule has 0 bridgehead atoms. The van der Waals surface area contributed by atoms with Crippen molar-refractivity contribution in [2.45, 2.75) is 38.5 Å². The Morgan fingerprint density at radius 2 is 2.42 bits per heavy atom. The molecule has 1 heterocycles. The van der Waals surface area contributed by atoms with Gasteiger partial charge in [-0.3, -0.25) is 14.3 Å². The second-order valence-electron chi connectivity index (χ2n) is 5.15. The van der Waals surface area contributed by atoms with Gasteiger partial charge in [0.2, 0.25) is 5.91 Å². The van der Waals surface area contributed by atoms with Crippen molar-refractivity contribution in [3.8, 4) is 0 Å². The van der Waals surface area contributed by atoms with E-state index in [1.54, 1.807) is 0 Å². The Morgan fingerprint density at radius 3 is 2.89 bits per heavy atom. The number of amides is 1. The molecule has 1 amide bonds. The molecule has 6 nitrogen and oxygen atoms in total. The van der Waals surface area contributed by atoms with E-state index < -0.39 is 0 Å². The number of hydrogen-bond donors (Lipinski definition) is 2. The summed E-state index contributed by atoms with van der Waals surface area (Å²) in [6.45, 7) is 4.60. The van der Waals surface area contributed by atoms with E-state index in [1.165, 1.54) is 0 Å². The Balaban J connectivity index is 2.56. The van der Waals surface area contributed by atoms with Crippen molar-refractivity contribution in [1.82, 2.24) is 10.4 Å². The molecule has 2 unspecified atom stereocenters. The minimum absolute atomic E-state index is 0.0120. The minimum atomic E-state index is -0.303. The summed E-state index contributed by atoms with van der Waals surface area (Å²) in [5, 5.41) is 9.09. The summed E-state index contributed by atoms with van der Waals surface area (Å²) < 4.78 is 10.6. The standard InChI is InChI=1S/C11H24N2O4P2/c1-11(2)13(3)9(7-16-11)6-8(4-5-14)10(15)12-17-19-18/h8-9,14,19H,4-7,18H2,1-3H3,(H,12,15)/t8-,9-/m0/s1. The van der Waals surface area contributed by atoms with Crippen LogP contribution in [0.5, 0.6) is 0 Å². The van der Waals surface area contributed by atoms with E-state index in [9.17, 15) is 4.79 Å². The van der Waals surface area contributed by atoms with Gasteiger partial charge in [0.1, 0.15) is 5.72 Å². The Bertz CT molecular complexity index is 304. The normalized spacial score (nSPS) is 25.0. The Labute approximate surface area is 118 Å². The first-order chi connectivity index (χ1) is 8.92. The van der Waals surface area contributed by atoms with E-state index in [-0.39, 0.29) is 38.7 Å². The molecular formula is C11H24N2O4P2. The van der Waals surface area contributed by atoms with Gasteiger partial charge < -0.3 is 9.84 Å². The highest BCUT2D eigenvalue weighted by Gasteiger charge is 2.39. The van der Waals surface area contributed by atoms with Crippen LogP contribution in [0.15, 0.2) is 0 Å². The lowest BCUT2D eigenvalue weighted by Crippen LogP contribution is -2.42. The lowest BCUT2D eigenvalue weighted by molar-refractivity contribution is -0.132. The summed E-state index contributed by atoms with van der Waals surface area (Å²) in [6.07, 6.45) is 1.08. The van der Waals surface area contributed by atoms with Gasteiger partial charge in [-0.15, -0.1) is 0 Å². The molecule has 0 radical (unpaired) electrons. The molecule has 0 saturated carbocycles. The van der Waals surface area contributed by atoms with Crippen LogP contribution in [0.1, 0.15) is 26.7 Å². The van der Waals surface area contributed by atoms with E-state index in [4.69, 9.17) is 14.5 Å². The highest BCUT2D eigenvalue weighted by Crippen LogP contribution is 2.29. The van der Waals surface area contributed by atoms with Crippen molar-refractivity contribution >= 4 is 23.3 Å². The number of carbonyl (C=O) groups is 1. The maximum absolute atomic E-state index is 11.9. The highest BCUT2D eigenvalue weighted by atomic mass is 32.0. The minimum Gasteiger partial charge on any atom is -0.396 e. The Kier molecular flexibility index (Phi) is 7.09. The molecule has 4 atom stereocenters. The predicted octanol–water partition coefficient (Wildman–Crippen LogP) is 0.873. The molecule has 1 rings (SSSR count). The van der Waals surface area contributed by atoms with Crippen LogP contribution in [0.25, 0.3) is 0 Å². The number of nitrogens with one attached hydrogen (secondary N) is 1. The highest BCUT2D eigenvalue weighted by molar-refractivity contribution is 8.00. The molecule has 0 aromatic carbocycles. The number of hydroxylamine groups is 1. The third-order valence-electron chi connectivity index (χ3n) is 3.64. The maximum atomic E-state index is 11.9. The fraction of sp³-hybridized carbons (Fsp3) is 0.909. The van der Waals surface area contributed by atoms with Crippen LogP contribution in [0, 0.1) is 5.92 Å². The summed E-state index contributed by atoms with van der Waals surface area (Å²) in [4.78, 5) is 14.1. The smallest absolute Gasteiger partial charge is 0.247 e. The van der Waals surface area contributed by atoms with Crippen LogP contribution >= 0.6 is 17.4 Å². The molecule has 19 heavy (non-hydrogen) atoms. The van der Waals surface area contributed by atoms with E-state index in [2.05, 4.69) is 19.3 Å². The summed E-state index contributed by atoms with van der Waals surface area (Å²) in [7, 11) is 4.51. The summed E-state index contributed by atoms with van der Waals surface area (Å²) in [5.74, 6) is -0.446. The maximum Gasteiger partial charge on any atom is 0.247 e. The van der Waals surface area contributed by atoms with Crippen LogP contribution in [0.3, 0.4) is 0 Å². The van der Waals surface area contributed by atoms with E-state index in [0.29, 0.717) is 19.4 Å². The zero-order chi connectivity index (χ0) is 14.5. The first-order valence-corrected chi connectivity index (χ1v) is 9.03. The molecule has 2 N–H and O–H groups in total. The van der Waals surface area contributed by atoms with Crippen molar-refractivity contribution in [2.24, 2.45) is 5.92 Å². The molecule has 0 aliphatic carbocycles. The molecule has 1 aliphatic rings. The fourth-order valence-electron chi connectivity index (χ4n) is 2.18. The van der Waals surface area contributed by atoms with E-state index in [1.807, 2.05) is 20.9 Å². The van der Waals surface area contributed by atoms with Gasteiger partial charge in [-0.2, -0.15) is 0 Å². The summed E-state index contributed by atoms with van der Waals surface area (Å²) in [5.41, 5.74) is 2.11. The van der Waals surface area contributed by atoms with Crippen LogP contribution in [0.2, 0.25) is 0 Å². The summed E-state index contributed by atoms with van der Waals surface area (Å²) in [6, 6.07) is 0.177. The molecule has 0 aromatic heterocycles. The molecule has 112 valence electrons. The van der Waals surface area contributed by atoms with Gasteiger partial charge in [0, 0.05) is 18.6 Å². The number of rotatable bonds is 7. The second-order valence-corrected chi connectivity index (χ2v) is 6.30. The van der Waals surface area contributed by atoms with Gasteiger partial charge in [-0.25, -0.2) is 5.48 Å². The van der Waals surface area contributed by atoms with Crippen molar-refractivity contribution in [1.29, 1.82) is 0 Å². The molecule has 0 aromatic rings. The lowest BCUT2D eigenvalue weighted by Gasteiger charge is -2.30. The average molecular weight is 310 g/mol. The first kappa shape index (κ1) is 17.2. The van der Waals surface area contributed by atoms with Crippen LogP contribution in [-0.2, 0) is 14.2 Å².